The Kier molecular flexibility index (Phi) is 2.21. The number of anilines is 1. The van der Waals surface area contributed by atoms with Gasteiger partial charge in [-0.15, -0.1) is 0 Å². The number of para-hydroxylation sites is 1. The Morgan fingerprint density at radius 2 is 1.89 bits per heavy atom. The molecule has 100 valence electrons. The van der Waals surface area contributed by atoms with Gasteiger partial charge >= 0.3 is 12.0 Å². The normalized spacial score (nSPS) is 28.1. The molecule has 1 aromatic rings. The van der Waals surface area contributed by atoms with E-state index in [9.17, 15) is 9.59 Å². The van der Waals surface area contributed by atoms with Crippen LogP contribution in [0.2, 0.25) is 0 Å². The molecule has 19 heavy (non-hydrogen) atoms. The SMILES string of the molecule is CC1(C)CC2(C)OC(=O)c3ccccc3N2C(=O)N1. The highest BCUT2D eigenvalue weighted by Gasteiger charge is 2.52. The van der Waals surface area contributed by atoms with Crippen LogP contribution in [0, 0.1) is 0 Å². The molecule has 0 bridgehead atoms. The molecular weight excluding hydrogens is 244 g/mol. The average molecular weight is 260 g/mol. The molecule has 2 heterocycles. The number of nitrogens with zero attached hydrogens (tertiary/aromatic N) is 1. The number of urea groups is 1. The topological polar surface area (TPSA) is 58.6 Å². The third-order valence-corrected chi connectivity index (χ3v) is 3.57. The van der Waals surface area contributed by atoms with Gasteiger partial charge in [0.25, 0.3) is 0 Å². The quantitative estimate of drug-likeness (QED) is 0.728. The first kappa shape index (κ1) is 12.0. The zero-order valence-electron chi connectivity index (χ0n) is 11.2. The van der Waals surface area contributed by atoms with E-state index in [4.69, 9.17) is 4.74 Å². The molecule has 2 aliphatic rings. The van der Waals surface area contributed by atoms with Crippen LogP contribution in [-0.2, 0) is 4.74 Å². The maximum absolute atomic E-state index is 12.3. The Bertz CT molecular complexity index is 582. The van der Waals surface area contributed by atoms with E-state index in [0.717, 1.165) is 0 Å². The molecule has 2 aliphatic heterocycles. The zero-order valence-corrected chi connectivity index (χ0v) is 11.2. The van der Waals surface area contributed by atoms with Gasteiger partial charge in [-0.25, -0.2) is 9.59 Å². The lowest BCUT2D eigenvalue weighted by molar-refractivity contribution is -0.0324. The van der Waals surface area contributed by atoms with Crippen LogP contribution in [0.4, 0.5) is 10.5 Å². The van der Waals surface area contributed by atoms with Crippen molar-refractivity contribution in [3.8, 4) is 0 Å². The Morgan fingerprint density at radius 3 is 2.63 bits per heavy atom. The summed E-state index contributed by atoms with van der Waals surface area (Å²) in [5.74, 6) is -0.375. The molecule has 1 saturated heterocycles. The molecule has 1 unspecified atom stereocenters. The maximum Gasteiger partial charge on any atom is 0.342 e. The summed E-state index contributed by atoms with van der Waals surface area (Å²) in [5.41, 5.74) is -0.310. The second-order valence-corrected chi connectivity index (χ2v) is 5.91. The highest BCUT2D eigenvalue weighted by Crippen LogP contribution is 2.41. The summed E-state index contributed by atoms with van der Waals surface area (Å²) in [6, 6.07) is 6.77. The van der Waals surface area contributed by atoms with Gasteiger partial charge in [0, 0.05) is 12.0 Å². The lowest BCUT2D eigenvalue weighted by atomic mass is 9.88. The van der Waals surface area contributed by atoms with Crippen molar-refractivity contribution in [1.82, 2.24) is 5.32 Å². The minimum atomic E-state index is -0.933. The van der Waals surface area contributed by atoms with E-state index in [0.29, 0.717) is 17.7 Å². The second kappa shape index (κ2) is 3.50. The Hall–Kier alpha value is -2.04. The number of carbonyl (C=O) groups excluding carboxylic acids is 2. The molecule has 0 radical (unpaired) electrons. The molecule has 1 N–H and O–H groups in total. The van der Waals surface area contributed by atoms with Gasteiger partial charge in [-0.05, 0) is 32.9 Å². The van der Waals surface area contributed by atoms with Gasteiger partial charge in [0.05, 0.1) is 11.3 Å². The molecule has 0 aliphatic carbocycles. The summed E-state index contributed by atoms with van der Waals surface area (Å²) in [5, 5.41) is 2.93. The minimum Gasteiger partial charge on any atom is -0.435 e. The first-order valence-corrected chi connectivity index (χ1v) is 6.27. The van der Waals surface area contributed by atoms with Crippen LogP contribution in [0.1, 0.15) is 37.6 Å². The van der Waals surface area contributed by atoms with Gasteiger partial charge in [-0.1, -0.05) is 12.1 Å². The zero-order chi connectivity index (χ0) is 13.8. The highest BCUT2D eigenvalue weighted by atomic mass is 16.6. The van der Waals surface area contributed by atoms with Crippen molar-refractivity contribution in [2.24, 2.45) is 0 Å². The number of fused-ring (bicyclic) bond motifs is 3. The molecule has 0 saturated carbocycles. The largest absolute Gasteiger partial charge is 0.435 e. The Balaban J connectivity index is 2.16. The van der Waals surface area contributed by atoms with Crippen LogP contribution in [0.15, 0.2) is 24.3 Å². The smallest absolute Gasteiger partial charge is 0.342 e. The van der Waals surface area contributed by atoms with Gasteiger partial charge in [0.1, 0.15) is 0 Å². The Morgan fingerprint density at radius 1 is 1.21 bits per heavy atom. The van der Waals surface area contributed by atoms with E-state index < -0.39 is 11.3 Å². The molecule has 3 rings (SSSR count). The third kappa shape index (κ3) is 1.69. The number of esters is 1. The van der Waals surface area contributed by atoms with Crippen LogP contribution in [0.25, 0.3) is 0 Å². The fraction of sp³-hybridized carbons (Fsp3) is 0.429. The standard InChI is InChI=1S/C14H16N2O3/c1-13(2)8-14(3)16(12(18)15-13)10-7-5-4-6-9(10)11(17)19-14/h4-7H,8H2,1-3H3,(H,15,18). The maximum atomic E-state index is 12.3. The highest BCUT2D eigenvalue weighted by molar-refractivity contribution is 6.06. The fourth-order valence-corrected chi connectivity index (χ4v) is 3.05. The summed E-state index contributed by atoms with van der Waals surface area (Å²) in [7, 11) is 0. The van der Waals surface area contributed by atoms with Crippen molar-refractivity contribution in [1.29, 1.82) is 0 Å². The predicted octanol–water partition coefficient (Wildman–Crippen LogP) is 2.27. The van der Waals surface area contributed by atoms with E-state index >= 15 is 0 Å². The van der Waals surface area contributed by atoms with Crippen LogP contribution < -0.4 is 10.2 Å². The minimum absolute atomic E-state index is 0.237. The van der Waals surface area contributed by atoms with Gasteiger partial charge < -0.3 is 10.1 Å². The molecule has 1 atom stereocenters. The van der Waals surface area contributed by atoms with E-state index in [2.05, 4.69) is 5.32 Å². The Labute approximate surface area is 111 Å². The lowest BCUT2D eigenvalue weighted by Gasteiger charge is -2.51. The second-order valence-electron chi connectivity index (χ2n) is 5.91. The molecular formula is C14H16N2O3. The van der Waals surface area contributed by atoms with Crippen LogP contribution in [-0.4, -0.2) is 23.3 Å². The summed E-state index contributed by atoms with van der Waals surface area (Å²) < 4.78 is 5.54. The van der Waals surface area contributed by atoms with Gasteiger partial charge in [0.2, 0.25) is 0 Å². The summed E-state index contributed by atoms with van der Waals surface area (Å²) >= 11 is 0. The van der Waals surface area contributed by atoms with E-state index in [1.165, 1.54) is 4.90 Å². The number of benzene rings is 1. The molecule has 1 aromatic carbocycles. The fourth-order valence-electron chi connectivity index (χ4n) is 3.05. The molecule has 2 amide bonds. The summed E-state index contributed by atoms with van der Waals surface area (Å²) in [6.45, 7) is 5.62. The average Bonchev–Trinajstić information content (AvgIpc) is 2.25. The first-order chi connectivity index (χ1) is 8.82. The van der Waals surface area contributed by atoms with Crippen molar-refractivity contribution < 1.29 is 14.3 Å². The number of hydrogen-bond donors (Lipinski definition) is 1. The molecule has 1 fully saturated rings. The number of ether oxygens (including phenoxy) is 1. The van der Waals surface area contributed by atoms with Crippen molar-refractivity contribution in [2.45, 2.75) is 38.5 Å². The van der Waals surface area contributed by atoms with Gasteiger partial charge in [-0.2, -0.15) is 0 Å². The number of amides is 2. The van der Waals surface area contributed by atoms with E-state index in [1.807, 2.05) is 19.9 Å². The number of rotatable bonds is 0. The van der Waals surface area contributed by atoms with Crippen LogP contribution in [0.3, 0.4) is 0 Å². The first-order valence-electron chi connectivity index (χ1n) is 6.27. The molecule has 0 spiro atoms. The van der Waals surface area contributed by atoms with E-state index in [-0.39, 0.29) is 12.0 Å². The third-order valence-electron chi connectivity index (χ3n) is 3.57. The number of nitrogens with one attached hydrogen (secondary N) is 1. The van der Waals surface area contributed by atoms with Gasteiger partial charge in [-0.3, -0.25) is 4.90 Å². The van der Waals surface area contributed by atoms with Crippen LogP contribution >= 0.6 is 0 Å². The van der Waals surface area contributed by atoms with Crippen molar-refractivity contribution in [2.75, 3.05) is 4.90 Å². The molecule has 5 heteroatoms. The lowest BCUT2D eigenvalue weighted by Crippen LogP contribution is -2.69. The van der Waals surface area contributed by atoms with Crippen molar-refractivity contribution in [3.05, 3.63) is 29.8 Å². The van der Waals surface area contributed by atoms with E-state index in [1.54, 1.807) is 25.1 Å². The van der Waals surface area contributed by atoms with Gasteiger partial charge in [0.15, 0.2) is 5.72 Å². The molecule has 0 aromatic heterocycles. The number of carbonyl (C=O) groups is 2. The summed E-state index contributed by atoms with van der Waals surface area (Å²) in [6.07, 6.45) is 0.534. The summed E-state index contributed by atoms with van der Waals surface area (Å²) in [4.78, 5) is 26.0. The number of hydrogen-bond acceptors (Lipinski definition) is 3. The predicted molar refractivity (Wildman–Crippen MR) is 70.0 cm³/mol. The molecule has 5 nitrogen and oxygen atoms in total. The van der Waals surface area contributed by atoms with Crippen molar-refractivity contribution >= 4 is 17.7 Å². The van der Waals surface area contributed by atoms with Crippen molar-refractivity contribution in [3.63, 3.8) is 0 Å². The monoisotopic (exact) mass is 260 g/mol. The van der Waals surface area contributed by atoms with Crippen LogP contribution in [0.5, 0.6) is 0 Å².